The summed E-state index contributed by atoms with van der Waals surface area (Å²) >= 11 is 5.69. The average Bonchev–Trinajstić information content (AvgIpc) is 2.36. The van der Waals surface area contributed by atoms with E-state index < -0.39 is 21.8 Å². The van der Waals surface area contributed by atoms with Gasteiger partial charge in [0.1, 0.15) is 10.7 Å². The van der Waals surface area contributed by atoms with Crippen molar-refractivity contribution < 1.29 is 17.2 Å². The van der Waals surface area contributed by atoms with E-state index in [4.69, 9.17) is 17.3 Å². The van der Waals surface area contributed by atoms with Crippen LogP contribution in [0.25, 0.3) is 0 Å². The SMILES string of the molecule is Nc1cc(S(=O)(=O)Nc2ccc(F)nc2)c(Cl)cc1F. The van der Waals surface area contributed by atoms with Crippen molar-refractivity contribution in [2.45, 2.75) is 4.90 Å². The number of pyridine rings is 1. The van der Waals surface area contributed by atoms with Crippen molar-refractivity contribution in [1.29, 1.82) is 0 Å². The summed E-state index contributed by atoms with van der Waals surface area (Å²) in [6.45, 7) is 0. The summed E-state index contributed by atoms with van der Waals surface area (Å²) in [4.78, 5) is 2.91. The molecule has 106 valence electrons. The molecule has 2 aromatic rings. The van der Waals surface area contributed by atoms with Crippen molar-refractivity contribution in [1.82, 2.24) is 4.98 Å². The van der Waals surface area contributed by atoms with Crippen molar-refractivity contribution >= 4 is 33.0 Å². The fraction of sp³-hybridized carbons (Fsp3) is 0. The molecule has 0 aliphatic carbocycles. The van der Waals surface area contributed by atoms with Crippen molar-refractivity contribution in [2.75, 3.05) is 10.5 Å². The van der Waals surface area contributed by atoms with E-state index in [1.54, 1.807) is 0 Å². The molecule has 0 saturated heterocycles. The first-order valence-electron chi connectivity index (χ1n) is 5.18. The van der Waals surface area contributed by atoms with Crippen LogP contribution >= 0.6 is 11.6 Å². The second kappa shape index (κ2) is 5.22. The van der Waals surface area contributed by atoms with E-state index in [-0.39, 0.29) is 21.3 Å². The Balaban J connectivity index is 2.40. The van der Waals surface area contributed by atoms with E-state index in [9.17, 15) is 17.2 Å². The molecule has 2 rings (SSSR count). The Morgan fingerprint density at radius 3 is 2.55 bits per heavy atom. The molecule has 0 saturated carbocycles. The largest absolute Gasteiger partial charge is 0.396 e. The summed E-state index contributed by atoms with van der Waals surface area (Å²) in [5, 5.41) is -0.320. The molecular formula is C11H8ClF2N3O2S. The summed E-state index contributed by atoms with van der Waals surface area (Å²) in [5.41, 5.74) is 4.99. The normalized spacial score (nSPS) is 11.3. The molecule has 5 nitrogen and oxygen atoms in total. The first-order chi connectivity index (χ1) is 9.29. The number of anilines is 2. The molecular weight excluding hydrogens is 312 g/mol. The van der Waals surface area contributed by atoms with Crippen LogP contribution in [0.5, 0.6) is 0 Å². The van der Waals surface area contributed by atoms with Gasteiger partial charge in [0.2, 0.25) is 5.95 Å². The van der Waals surface area contributed by atoms with Crippen LogP contribution in [0.3, 0.4) is 0 Å². The molecule has 20 heavy (non-hydrogen) atoms. The Bertz CT molecular complexity index is 751. The summed E-state index contributed by atoms with van der Waals surface area (Å²) in [6.07, 6.45) is 0.994. The molecule has 0 bridgehead atoms. The van der Waals surface area contributed by atoms with Crippen LogP contribution in [-0.4, -0.2) is 13.4 Å². The molecule has 1 aromatic carbocycles. The number of hydrogen-bond acceptors (Lipinski definition) is 4. The fourth-order valence-electron chi connectivity index (χ4n) is 1.40. The van der Waals surface area contributed by atoms with Gasteiger partial charge in [-0.3, -0.25) is 4.72 Å². The topological polar surface area (TPSA) is 85.1 Å². The number of nitrogen functional groups attached to an aromatic ring is 1. The van der Waals surface area contributed by atoms with Crippen molar-refractivity contribution in [3.63, 3.8) is 0 Å². The van der Waals surface area contributed by atoms with Gasteiger partial charge in [-0.05, 0) is 24.3 Å². The quantitative estimate of drug-likeness (QED) is 0.672. The number of aromatic nitrogens is 1. The minimum absolute atomic E-state index is 0.0327. The van der Waals surface area contributed by atoms with Crippen LogP contribution in [0.2, 0.25) is 5.02 Å². The Labute approximate surface area is 118 Å². The molecule has 1 heterocycles. The Hall–Kier alpha value is -1.93. The number of nitrogens with two attached hydrogens (primary N) is 1. The van der Waals surface area contributed by atoms with Crippen molar-refractivity contribution in [3.8, 4) is 0 Å². The summed E-state index contributed by atoms with van der Waals surface area (Å²) in [6, 6.07) is 3.87. The molecule has 0 radical (unpaired) electrons. The van der Waals surface area contributed by atoms with Gasteiger partial charge in [-0.15, -0.1) is 0 Å². The van der Waals surface area contributed by atoms with E-state index in [1.807, 2.05) is 0 Å². The maximum atomic E-state index is 13.1. The zero-order valence-corrected chi connectivity index (χ0v) is 11.3. The lowest BCUT2D eigenvalue weighted by atomic mass is 10.3. The van der Waals surface area contributed by atoms with E-state index in [1.165, 1.54) is 6.07 Å². The number of hydrogen-bond donors (Lipinski definition) is 2. The first-order valence-corrected chi connectivity index (χ1v) is 7.04. The van der Waals surface area contributed by atoms with Gasteiger partial charge in [-0.25, -0.2) is 17.8 Å². The molecule has 0 spiro atoms. The third kappa shape index (κ3) is 2.97. The van der Waals surface area contributed by atoms with E-state index in [2.05, 4.69) is 9.71 Å². The predicted molar refractivity (Wildman–Crippen MR) is 70.8 cm³/mol. The third-order valence-electron chi connectivity index (χ3n) is 2.32. The second-order valence-corrected chi connectivity index (χ2v) is 5.84. The Kier molecular flexibility index (Phi) is 3.78. The van der Waals surface area contributed by atoms with Crippen LogP contribution in [0, 0.1) is 11.8 Å². The highest BCUT2D eigenvalue weighted by molar-refractivity contribution is 7.92. The molecule has 0 atom stereocenters. The monoisotopic (exact) mass is 319 g/mol. The minimum Gasteiger partial charge on any atom is -0.396 e. The average molecular weight is 320 g/mol. The van der Waals surface area contributed by atoms with Gasteiger partial charge in [-0.1, -0.05) is 11.6 Å². The highest BCUT2D eigenvalue weighted by Gasteiger charge is 2.20. The lowest BCUT2D eigenvalue weighted by molar-refractivity contribution is 0.583. The van der Waals surface area contributed by atoms with Gasteiger partial charge in [-0.2, -0.15) is 4.39 Å². The minimum atomic E-state index is -4.09. The second-order valence-electron chi connectivity index (χ2n) is 3.78. The molecule has 1 aromatic heterocycles. The number of rotatable bonds is 3. The zero-order chi connectivity index (χ0) is 14.9. The molecule has 0 amide bonds. The molecule has 3 N–H and O–H groups in total. The third-order valence-corrected chi connectivity index (χ3v) is 4.17. The summed E-state index contributed by atoms with van der Waals surface area (Å²) in [5.74, 6) is -1.57. The van der Waals surface area contributed by atoms with Crippen LogP contribution in [0.15, 0.2) is 35.4 Å². The van der Waals surface area contributed by atoms with Crippen LogP contribution in [0.4, 0.5) is 20.2 Å². The van der Waals surface area contributed by atoms with Gasteiger partial charge in [0.25, 0.3) is 10.0 Å². The molecule has 0 aliphatic rings. The molecule has 9 heteroatoms. The van der Waals surface area contributed by atoms with Crippen LogP contribution in [-0.2, 0) is 10.0 Å². The smallest absolute Gasteiger partial charge is 0.263 e. The number of nitrogens with zero attached hydrogens (tertiary/aromatic N) is 1. The number of benzene rings is 1. The standard InChI is InChI=1S/C11H8ClF2N3O2S/c12-7-3-8(13)9(15)4-10(7)20(18,19)17-6-1-2-11(14)16-5-6/h1-5,17H,15H2. The number of sulfonamides is 1. The predicted octanol–water partition coefficient (Wildman–Crippen LogP) is 2.40. The summed E-state index contributed by atoms with van der Waals surface area (Å²) in [7, 11) is -4.09. The van der Waals surface area contributed by atoms with Gasteiger partial charge in [0, 0.05) is 0 Å². The van der Waals surface area contributed by atoms with Crippen molar-refractivity contribution in [2.24, 2.45) is 0 Å². The maximum Gasteiger partial charge on any atom is 0.263 e. The van der Waals surface area contributed by atoms with E-state index in [0.717, 1.165) is 24.4 Å². The zero-order valence-electron chi connectivity index (χ0n) is 9.77. The lowest BCUT2D eigenvalue weighted by Crippen LogP contribution is -2.14. The first kappa shape index (κ1) is 14.5. The van der Waals surface area contributed by atoms with Gasteiger partial charge >= 0.3 is 0 Å². The lowest BCUT2D eigenvalue weighted by Gasteiger charge is -2.10. The Morgan fingerprint density at radius 2 is 1.95 bits per heavy atom. The molecule has 0 unspecified atom stereocenters. The van der Waals surface area contributed by atoms with E-state index in [0.29, 0.717) is 0 Å². The van der Waals surface area contributed by atoms with Gasteiger partial charge < -0.3 is 5.73 Å². The number of nitrogens with one attached hydrogen (secondary N) is 1. The summed E-state index contributed by atoms with van der Waals surface area (Å²) < 4.78 is 52.1. The highest BCUT2D eigenvalue weighted by Crippen LogP contribution is 2.27. The molecule has 0 aliphatic heterocycles. The van der Waals surface area contributed by atoms with Gasteiger partial charge in [0.05, 0.1) is 22.6 Å². The van der Waals surface area contributed by atoms with Crippen molar-refractivity contribution in [3.05, 3.63) is 47.2 Å². The fourth-order valence-corrected chi connectivity index (χ4v) is 2.99. The maximum absolute atomic E-state index is 13.1. The highest BCUT2D eigenvalue weighted by atomic mass is 35.5. The van der Waals surface area contributed by atoms with E-state index >= 15 is 0 Å². The van der Waals surface area contributed by atoms with Gasteiger partial charge in [0.15, 0.2) is 0 Å². The van der Waals surface area contributed by atoms with Crippen LogP contribution < -0.4 is 10.5 Å². The van der Waals surface area contributed by atoms with Crippen LogP contribution in [0.1, 0.15) is 0 Å². The molecule has 0 fully saturated rings. The number of halogens is 3. The Morgan fingerprint density at radius 1 is 1.25 bits per heavy atom.